The summed E-state index contributed by atoms with van der Waals surface area (Å²) in [6.45, 7) is 2.37. The first-order chi connectivity index (χ1) is 9.73. The van der Waals surface area contributed by atoms with Gasteiger partial charge < -0.3 is 10.4 Å². The highest BCUT2D eigenvalue weighted by atomic mass is 16.3. The van der Waals surface area contributed by atoms with Crippen molar-refractivity contribution in [2.75, 3.05) is 6.61 Å². The molecular weight excluding hydrogens is 246 g/mol. The predicted molar refractivity (Wildman–Crippen MR) is 82.9 cm³/mol. The van der Waals surface area contributed by atoms with Gasteiger partial charge in [-0.25, -0.2) is 0 Å². The lowest BCUT2D eigenvalue weighted by Gasteiger charge is -2.34. The fraction of sp³-hybridized carbons (Fsp3) is 0.667. The maximum absolute atomic E-state index is 10.1. The fourth-order valence-electron chi connectivity index (χ4n) is 4.01. The van der Waals surface area contributed by atoms with Crippen LogP contribution in [0.5, 0.6) is 0 Å². The third-order valence-corrected chi connectivity index (χ3v) is 5.21. The van der Waals surface area contributed by atoms with Gasteiger partial charge in [-0.3, -0.25) is 0 Å². The van der Waals surface area contributed by atoms with Gasteiger partial charge in [0.25, 0.3) is 0 Å². The standard InChI is InChI=1S/C18H27NO/c1-14-8-9-15-10-11-18(13-20,17(15)12-14)19-16-6-4-2-3-5-7-16/h8-9,12,16,19-20H,2-7,10-11,13H2,1H3. The van der Waals surface area contributed by atoms with Crippen LogP contribution in [0.15, 0.2) is 18.2 Å². The molecule has 1 unspecified atom stereocenters. The van der Waals surface area contributed by atoms with E-state index in [1.165, 1.54) is 55.2 Å². The zero-order chi connectivity index (χ0) is 14.0. The molecule has 0 saturated heterocycles. The molecule has 1 atom stereocenters. The Morgan fingerprint density at radius 3 is 2.65 bits per heavy atom. The monoisotopic (exact) mass is 273 g/mol. The number of benzene rings is 1. The zero-order valence-corrected chi connectivity index (χ0v) is 12.6. The summed E-state index contributed by atoms with van der Waals surface area (Å²) in [6, 6.07) is 7.30. The van der Waals surface area contributed by atoms with Crippen molar-refractivity contribution in [3.63, 3.8) is 0 Å². The average Bonchev–Trinajstić information content (AvgIpc) is 2.63. The van der Waals surface area contributed by atoms with Crippen LogP contribution in [0.2, 0.25) is 0 Å². The Balaban J connectivity index is 1.84. The largest absolute Gasteiger partial charge is 0.394 e. The van der Waals surface area contributed by atoms with Crippen molar-refractivity contribution in [3.8, 4) is 0 Å². The van der Waals surface area contributed by atoms with Crippen LogP contribution in [-0.2, 0) is 12.0 Å². The molecule has 2 nitrogen and oxygen atoms in total. The second kappa shape index (κ2) is 5.87. The highest BCUT2D eigenvalue weighted by molar-refractivity contribution is 5.41. The molecule has 20 heavy (non-hydrogen) atoms. The van der Waals surface area contributed by atoms with Gasteiger partial charge in [0, 0.05) is 6.04 Å². The van der Waals surface area contributed by atoms with Gasteiger partial charge in [0.2, 0.25) is 0 Å². The molecule has 0 aliphatic heterocycles. The highest BCUT2D eigenvalue weighted by Gasteiger charge is 2.39. The Kier molecular flexibility index (Phi) is 4.13. The van der Waals surface area contributed by atoms with Gasteiger partial charge >= 0.3 is 0 Å². The van der Waals surface area contributed by atoms with Crippen LogP contribution in [0.3, 0.4) is 0 Å². The number of hydrogen-bond donors (Lipinski definition) is 2. The van der Waals surface area contributed by atoms with E-state index < -0.39 is 0 Å². The predicted octanol–water partition coefficient (Wildman–Crippen LogP) is 3.44. The molecule has 1 aromatic rings. The molecule has 2 aliphatic carbocycles. The van der Waals surface area contributed by atoms with Crippen LogP contribution in [-0.4, -0.2) is 17.8 Å². The molecule has 3 rings (SSSR count). The summed E-state index contributed by atoms with van der Waals surface area (Å²) in [5.41, 5.74) is 3.89. The van der Waals surface area contributed by atoms with E-state index in [1.807, 2.05) is 0 Å². The highest BCUT2D eigenvalue weighted by Crippen LogP contribution is 2.38. The van der Waals surface area contributed by atoms with E-state index in [9.17, 15) is 5.11 Å². The van der Waals surface area contributed by atoms with E-state index in [4.69, 9.17) is 0 Å². The summed E-state index contributed by atoms with van der Waals surface area (Å²) in [5.74, 6) is 0. The number of fused-ring (bicyclic) bond motifs is 1. The third-order valence-electron chi connectivity index (χ3n) is 5.21. The second-order valence-corrected chi connectivity index (χ2v) is 6.73. The summed E-state index contributed by atoms with van der Waals surface area (Å²) in [7, 11) is 0. The molecule has 110 valence electrons. The molecule has 2 aliphatic rings. The molecule has 2 heteroatoms. The van der Waals surface area contributed by atoms with Crippen molar-refractivity contribution in [1.82, 2.24) is 5.32 Å². The van der Waals surface area contributed by atoms with Gasteiger partial charge in [0.15, 0.2) is 0 Å². The number of aliphatic hydroxyl groups excluding tert-OH is 1. The minimum absolute atomic E-state index is 0.184. The van der Waals surface area contributed by atoms with Crippen LogP contribution in [0, 0.1) is 6.92 Å². The molecule has 0 aromatic heterocycles. The number of rotatable bonds is 3. The summed E-state index contributed by atoms with van der Waals surface area (Å²) in [5, 5.41) is 13.9. The van der Waals surface area contributed by atoms with Gasteiger partial charge in [-0.05, 0) is 43.7 Å². The molecule has 1 saturated carbocycles. The topological polar surface area (TPSA) is 32.3 Å². The second-order valence-electron chi connectivity index (χ2n) is 6.73. The van der Waals surface area contributed by atoms with Crippen LogP contribution in [0.1, 0.15) is 61.6 Å². The molecule has 1 aromatic carbocycles. The number of hydrogen-bond acceptors (Lipinski definition) is 2. The Morgan fingerprint density at radius 2 is 1.95 bits per heavy atom. The van der Waals surface area contributed by atoms with Crippen LogP contribution in [0.25, 0.3) is 0 Å². The van der Waals surface area contributed by atoms with E-state index in [2.05, 4.69) is 30.4 Å². The van der Waals surface area contributed by atoms with Crippen molar-refractivity contribution in [1.29, 1.82) is 0 Å². The molecule has 0 radical (unpaired) electrons. The van der Waals surface area contributed by atoms with E-state index >= 15 is 0 Å². The molecule has 1 fully saturated rings. The van der Waals surface area contributed by atoms with Crippen molar-refractivity contribution in [3.05, 3.63) is 34.9 Å². The first kappa shape index (κ1) is 14.1. The molecule has 0 amide bonds. The smallest absolute Gasteiger partial charge is 0.0677 e. The maximum Gasteiger partial charge on any atom is 0.0677 e. The van der Waals surface area contributed by atoms with E-state index in [0.717, 1.165) is 12.8 Å². The van der Waals surface area contributed by atoms with E-state index in [1.54, 1.807) is 0 Å². The number of aliphatic hydroxyl groups is 1. The quantitative estimate of drug-likeness (QED) is 0.827. The summed E-state index contributed by atoms with van der Waals surface area (Å²) in [4.78, 5) is 0. The van der Waals surface area contributed by atoms with Gasteiger partial charge in [0.05, 0.1) is 12.1 Å². The molecule has 2 N–H and O–H groups in total. The lowest BCUT2D eigenvalue weighted by Crippen LogP contribution is -2.49. The maximum atomic E-state index is 10.1. The van der Waals surface area contributed by atoms with Crippen molar-refractivity contribution in [2.24, 2.45) is 0 Å². The Hall–Kier alpha value is -0.860. The van der Waals surface area contributed by atoms with Crippen LogP contribution < -0.4 is 5.32 Å². The van der Waals surface area contributed by atoms with Gasteiger partial charge in [-0.1, -0.05) is 49.4 Å². The van der Waals surface area contributed by atoms with E-state index in [0.29, 0.717) is 6.04 Å². The minimum Gasteiger partial charge on any atom is -0.394 e. The Morgan fingerprint density at radius 1 is 1.20 bits per heavy atom. The van der Waals surface area contributed by atoms with Gasteiger partial charge in [-0.15, -0.1) is 0 Å². The summed E-state index contributed by atoms with van der Waals surface area (Å²) >= 11 is 0. The number of nitrogens with one attached hydrogen (secondary N) is 1. The third kappa shape index (κ3) is 2.64. The summed E-state index contributed by atoms with van der Waals surface area (Å²) < 4.78 is 0. The first-order valence-corrected chi connectivity index (χ1v) is 8.22. The van der Waals surface area contributed by atoms with Crippen molar-refractivity contribution in [2.45, 2.75) is 69.9 Å². The Bertz CT molecular complexity index is 462. The van der Waals surface area contributed by atoms with Crippen molar-refractivity contribution < 1.29 is 5.11 Å². The van der Waals surface area contributed by atoms with E-state index in [-0.39, 0.29) is 12.1 Å². The van der Waals surface area contributed by atoms with Crippen LogP contribution in [0.4, 0.5) is 0 Å². The van der Waals surface area contributed by atoms with Gasteiger partial charge in [-0.2, -0.15) is 0 Å². The first-order valence-electron chi connectivity index (χ1n) is 8.22. The molecular formula is C18H27NO. The zero-order valence-electron chi connectivity index (χ0n) is 12.6. The summed E-state index contributed by atoms with van der Waals surface area (Å²) in [6.07, 6.45) is 10.1. The van der Waals surface area contributed by atoms with Crippen LogP contribution >= 0.6 is 0 Å². The SMILES string of the molecule is Cc1ccc2c(c1)C(CO)(NC1CCCCCC1)CC2. The minimum atomic E-state index is -0.184. The lowest BCUT2D eigenvalue weighted by atomic mass is 9.89. The molecule has 0 heterocycles. The van der Waals surface area contributed by atoms with Crippen molar-refractivity contribution >= 4 is 0 Å². The molecule has 0 spiro atoms. The average molecular weight is 273 g/mol. The Labute approximate surface area is 122 Å². The lowest BCUT2D eigenvalue weighted by molar-refractivity contribution is 0.142. The molecule has 0 bridgehead atoms. The fourth-order valence-corrected chi connectivity index (χ4v) is 4.01. The normalized spacial score (nSPS) is 27.3. The van der Waals surface area contributed by atoms with Gasteiger partial charge in [0.1, 0.15) is 0 Å². The number of aryl methyl sites for hydroxylation is 2.